The molecule has 2 heterocycles. The van der Waals surface area contributed by atoms with Crippen molar-refractivity contribution >= 4 is 17.6 Å². The van der Waals surface area contributed by atoms with Gasteiger partial charge in [0, 0.05) is 18.8 Å². The number of para-hydroxylation sites is 1. The van der Waals surface area contributed by atoms with Gasteiger partial charge in [0.05, 0.1) is 18.4 Å². The molecule has 0 saturated carbocycles. The van der Waals surface area contributed by atoms with Crippen LogP contribution in [0.4, 0.5) is 5.69 Å². The van der Waals surface area contributed by atoms with Gasteiger partial charge in [0.15, 0.2) is 6.61 Å². The lowest BCUT2D eigenvalue weighted by molar-refractivity contribution is -0.136. The smallest absolute Gasteiger partial charge is 0.340 e. The maximum atomic E-state index is 12.4. The lowest BCUT2D eigenvalue weighted by Gasteiger charge is -2.30. The Kier molecular flexibility index (Phi) is 5.94. The van der Waals surface area contributed by atoms with E-state index in [2.05, 4.69) is 12.2 Å². The minimum absolute atomic E-state index is 0.133. The van der Waals surface area contributed by atoms with Gasteiger partial charge in [0.1, 0.15) is 5.76 Å². The highest BCUT2D eigenvalue weighted by molar-refractivity contribution is 5.96. The summed E-state index contributed by atoms with van der Waals surface area (Å²) in [4.78, 5) is 26.5. The number of esters is 1. The van der Waals surface area contributed by atoms with Crippen molar-refractivity contribution in [2.45, 2.75) is 26.3 Å². The summed E-state index contributed by atoms with van der Waals surface area (Å²) in [6.07, 6.45) is 3.74. The molecule has 0 unspecified atom stereocenters. The van der Waals surface area contributed by atoms with E-state index in [9.17, 15) is 9.59 Å². The Morgan fingerprint density at radius 3 is 2.88 bits per heavy atom. The van der Waals surface area contributed by atoms with Crippen molar-refractivity contribution in [1.29, 1.82) is 0 Å². The van der Waals surface area contributed by atoms with Crippen LogP contribution in [0, 0.1) is 5.92 Å². The summed E-state index contributed by atoms with van der Waals surface area (Å²) in [6, 6.07) is 10.7. The molecule has 1 saturated heterocycles. The van der Waals surface area contributed by atoms with Crippen LogP contribution in [-0.2, 0) is 16.1 Å². The first-order valence-corrected chi connectivity index (χ1v) is 8.93. The van der Waals surface area contributed by atoms with Crippen LogP contribution < -0.4 is 5.32 Å². The van der Waals surface area contributed by atoms with Gasteiger partial charge in [0.2, 0.25) is 0 Å². The molecular formula is C20H24N2O4. The molecule has 26 heavy (non-hydrogen) atoms. The monoisotopic (exact) mass is 356 g/mol. The van der Waals surface area contributed by atoms with Gasteiger partial charge in [-0.3, -0.25) is 4.79 Å². The van der Waals surface area contributed by atoms with E-state index in [0.29, 0.717) is 23.7 Å². The molecule has 138 valence electrons. The molecule has 1 amide bonds. The van der Waals surface area contributed by atoms with Crippen LogP contribution in [0.2, 0.25) is 0 Å². The number of rotatable bonds is 6. The molecule has 1 atom stereocenters. The summed E-state index contributed by atoms with van der Waals surface area (Å²) in [7, 11) is 0. The van der Waals surface area contributed by atoms with Crippen LogP contribution in [0.25, 0.3) is 0 Å². The number of piperidine rings is 1. The number of benzene rings is 1. The second-order valence-corrected chi connectivity index (χ2v) is 6.64. The fourth-order valence-electron chi connectivity index (χ4n) is 3.12. The van der Waals surface area contributed by atoms with Crippen LogP contribution in [0.15, 0.2) is 47.1 Å². The van der Waals surface area contributed by atoms with Crippen LogP contribution in [0.5, 0.6) is 0 Å². The minimum Gasteiger partial charge on any atom is -0.467 e. The number of nitrogens with zero attached hydrogens (tertiary/aromatic N) is 1. The number of hydrogen-bond donors (Lipinski definition) is 1. The van der Waals surface area contributed by atoms with Crippen LogP contribution in [0.1, 0.15) is 35.9 Å². The highest BCUT2D eigenvalue weighted by Gasteiger charge is 2.22. The van der Waals surface area contributed by atoms with Crippen molar-refractivity contribution in [2.75, 3.05) is 25.0 Å². The molecule has 1 fully saturated rings. The number of amides is 1. The molecule has 3 rings (SSSR count). The molecule has 1 aromatic heterocycles. The Morgan fingerprint density at radius 2 is 2.12 bits per heavy atom. The van der Waals surface area contributed by atoms with Crippen LogP contribution in [-0.4, -0.2) is 36.5 Å². The molecule has 0 spiro atoms. The number of likely N-dealkylation sites (tertiary alicyclic amines) is 1. The van der Waals surface area contributed by atoms with Gasteiger partial charge in [-0.05, 0) is 43.0 Å². The predicted octanol–water partition coefficient (Wildman–Crippen LogP) is 3.31. The molecule has 6 heteroatoms. The van der Waals surface area contributed by atoms with Crippen molar-refractivity contribution < 1.29 is 18.7 Å². The first kappa shape index (κ1) is 18.0. The van der Waals surface area contributed by atoms with E-state index in [1.54, 1.807) is 29.4 Å². The lowest BCUT2D eigenvalue weighted by Crippen LogP contribution is -2.41. The van der Waals surface area contributed by atoms with Crippen molar-refractivity contribution in [1.82, 2.24) is 4.90 Å². The van der Waals surface area contributed by atoms with Crippen molar-refractivity contribution in [3.8, 4) is 0 Å². The standard InChI is InChI=1S/C20H24N2O4/c1-15-6-4-10-22(13-15)19(23)14-26-20(24)17-8-2-3-9-18(17)21-12-16-7-5-11-25-16/h2-3,5,7-9,11,15,21H,4,6,10,12-14H2,1H3/t15-/m0/s1. The quantitative estimate of drug-likeness (QED) is 0.804. The third kappa shape index (κ3) is 4.65. The number of ether oxygens (including phenoxy) is 1. The van der Waals surface area contributed by atoms with E-state index in [1.165, 1.54) is 0 Å². The summed E-state index contributed by atoms with van der Waals surface area (Å²) < 4.78 is 10.5. The summed E-state index contributed by atoms with van der Waals surface area (Å²) in [5, 5.41) is 3.16. The summed E-state index contributed by atoms with van der Waals surface area (Å²) in [5.41, 5.74) is 1.05. The Labute approximate surface area is 153 Å². The van der Waals surface area contributed by atoms with Gasteiger partial charge in [-0.2, -0.15) is 0 Å². The Balaban J connectivity index is 1.56. The zero-order valence-electron chi connectivity index (χ0n) is 14.9. The van der Waals surface area contributed by atoms with Crippen molar-refractivity contribution in [3.05, 3.63) is 54.0 Å². The van der Waals surface area contributed by atoms with Crippen LogP contribution in [0.3, 0.4) is 0 Å². The molecule has 6 nitrogen and oxygen atoms in total. The Morgan fingerprint density at radius 1 is 1.27 bits per heavy atom. The Bertz CT molecular complexity index is 742. The highest BCUT2D eigenvalue weighted by atomic mass is 16.5. The maximum absolute atomic E-state index is 12.4. The third-order valence-corrected chi connectivity index (χ3v) is 4.52. The largest absolute Gasteiger partial charge is 0.467 e. The molecule has 0 aliphatic carbocycles. The second kappa shape index (κ2) is 8.56. The fourth-order valence-corrected chi connectivity index (χ4v) is 3.12. The highest BCUT2D eigenvalue weighted by Crippen LogP contribution is 2.18. The number of furan rings is 1. The fraction of sp³-hybridized carbons (Fsp3) is 0.400. The number of carbonyl (C=O) groups excluding carboxylic acids is 2. The SMILES string of the molecule is C[C@H]1CCCN(C(=O)COC(=O)c2ccccc2NCc2ccco2)C1. The molecule has 1 aromatic carbocycles. The number of nitrogens with one attached hydrogen (secondary N) is 1. The predicted molar refractivity (Wildman–Crippen MR) is 97.7 cm³/mol. The molecule has 1 N–H and O–H groups in total. The number of anilines is 1. The Hall–Kier alpha value is -2.76. The molecule has 0 radical (unpaired) electrons. The van der Waals surface area contributed by atoms with Gasteiger partial charge in [0.25, 0.3) is 5.91 Å². The number of hydrogen-bond acceptors (Lipinski definition) is 5. The van der Waals surface area contributed by atoms with Gasteiger partial charge in [-0.1, -0.05) is 19.1 Å². The average molecular weight is 356 g/mol. The summed E-state index contributed by atoms with van der Waals surface area (Å²) in [6.45, 7) is 3.84. The van der Waals surface area contributed by atoms with Gasteiger partial charge in [-0.15, -0.1) is 0 Å². The minimum atomic E-state index is -0.508. The van der Waals surface area contributed by atoms with E-state index in [1.807, 2.05) is 18.2 Å². The van der Waals surface area contributed by atoms with Gasteiger partial charge in [-0.25, -0.2) is 4.79 Å². The summed E-state index contributed by atoms with van der Waals surface area (Å²) in [5.74, 6) is 0.620. The molecular weight excluding hydrogens is 332 g/mol. The lowest BCUT2D eigenvalue weighted by atomic mass is 10.0. The first-order chi connectivity index (χ1) is 12.6. The van der Waals surface area contributed by atoms with Crippen LogP contribution >= 0.6 is 0 Å². The first-order valence-electron chi connectivity index (χ1n) is 8.93. The van der Waals surface area contributed by atoms with Gasteiger partial charge >= 0.3 is 5.97 Å². The van der Waals surface area contributed by atoms with E-state index in [0.717, 1.165) is 31.7 Å². The average Bonchev–Trinajstić information content (AvgIpc) is 3.18. The van der Waals surface area contributed by atoms with Gasteiger partial charge < -0.3 is 19.4 Å². The van der Waals surface area contributed by atoms with Crippen molar-refractivity contribution in [3.63, 3.8) is 0 Å². The van der Waals surface area contributed by atoms with Crippen molar-refractivity contribution in [2.24, 2.45) is 5.92 Å². The molecule has 0 bridgehead atoms. The van der Waals surface area contributed by atoms with E-state index in [-0.39, 0.29) is 12.5 Å². The third-order valence-electron chi connectivity index (χ3n) is 4.52. The second-order valence-electron chi connectivity index (χ2n) is 6.64. The van der Waals surface area contributed by atoms with E-state index < -0.39 is 5.97 Å². The van der Waals surface area contributed by atoms with E-state index >= 15 is 0 Å². The number of carbonyl (C=O) groups is 2. The molecule has 1 aliphatic rings. The zero-order chi connectivity index (χ0) is 18.4. The summed E-state index contributed by atoms with van der Waals surface area (Å²) >= 11 is 0. The normalized spacial score (nSPS) is 17.0. The van der Waals surface area contributed by atoms with E-state index in [4.69, 9.17) is 9.15 Å². The maximum Gasteiger partial charge on any atom is 0.340 e. The zero-order valence-corrected chi connectivity index (χ0v) is 14.9. The topological polar surface area (TPSA) is 71.8 Å². The molecule has 2 aromatic rings. The molecule has 1 aliphatic heterocycles.